The van der Waals surface area contributed by atoms with Gasteiger partial charge < -0.3 is 10.2 Å². The lowest BCUT2D eigenvalue weighted by Gasteiger charge is -1.81. The molecule has 0 saturated carbocycles. The molecule has 0 spiro atoms. The average molecular weight is 223 g/mol. The van der Waals surface area contributed by atoms with E-state index in [1.807, 2.05) is 0 Å². The van der Waals surface area contributed by atoms with E-state index in [1.54, 1.807) is 24.5 Å². The first-order chi connectivity index (χ1) is 7.56. The fourth-order valence-corrected chi connectivity index (χ4v) is 0.585. The third-order valence-corrected chi connectivity index (χ3v) is 1.21. The Kier molecular flexibility index (Phi) is 6.63. The Morgan fingerprint density at radius 2 is 1.50 bits per heavy atom. The lowest BCUT2D eigenvalue weighted by molar-refractivity contribution is -0.134. The molecule has 6 nitrogen and oxygen atoms in total. The van der Waals surface area contributed by atoms with Crippen LogP contribution in [0.5, 0.6) is 0 Å². The van der Waals surface area contributed by atoms with Crippen LogP contribution in [0, 0.1) is 0 Å². The molecule has 6 heteroatoms. The number of pyridine rings is 1. The Morgan fingerprint density at radius 3 is 1.75 bits per heavy atom. The molecule has 0 radical (unpaired) electrons. The van der Waals surface area contributed by atoms with Crippen molar-refractivity contribution in [3.8, 4) is 0 Å². The molecule has 84 valence electrons. The third-order valence-electron chi connectivity index (χ3n) is 1.21. The van der Waals surface area contributed by atoms with Crippen molar-refractivity contribution in [3.63, 3.8) is 0 Å². The Labute approximate surface area is 90.9 Å². The highest BCUT2D eigenvalue weighted by Crippen LogP contribution is 1.88. The second kappa shape index (κ2) is 7.86. The number of carbonyl (C=O) groups is 3. The Bertz CT molecular complexity index is 369. The van der Waals surface area contributed by atoms with E-state index in [4.69, 9.17) is 10.2 Å². The molecule has 0 aliphatic rings. The zero-order valence-corrected chi connectivity index (χ0v) is 8.11. The van der Waals surface area contributed by atoms with Crippen molar-refractivity contribution in [1.82, 2.24) is 4.98 Å². The molecule has 0 aliphatic heterocycles. The van der Waals surface area contributed by atoms with Gasteiger partial charge in [-0.2, -0.15) is 0 Å². The van der Waals surface area contributed by atoms with Crippen LogP contribution in [0.2, 0.25) is 0 Å². The molecule has 1 aromatic rings. The molecule has 1 aromatic heterocycles. The Hall–Kier alpha value is -2.50. The fraction of sp³-hybridized carbons (Fsp3) is 0. The summed E-state index contributed by atoms with van der Waals surface area (Å²) in [5.74, 6) is -2.51. The van der Waals surface area contributed by atoms with Gasteiger partial charge in [0.05, 0.1) is 0 Å². The van der Waals surface area contributed by atoms with Crippen LogP contribution < -0.4 is 0 Å². The van der Waals surface area contributed by atoms with Crippen molar-refractivity contribution in [2.45, 2.75) is 0 Å². The van der Waals surface area contributed by atoms with Crippen molar-refractivity contribution < 1.29 is 24.6 Å². The molecule has 2 N–H and O–H groups in total. The van der Waals surface area contributed by atoms with E-state index >= 15 is 0 Å². The van der Waals surface area contributed by atoms with Gasteiger partial charge in [0, 0.05) is 30.1 Å². The topological polar surface area (TPSA) is 105 Å². The van der Waals surface area contributed by atoms with E-state index in [2.05, 4.69) is 4.98 Å². The molecule has 1 rings (SSSR count). The molecule has 0 aromatic carbocycles. The molecule has 0 amide bonds. The number of carboxylic acids is 2. The molecule has 0 atom stereocenters. The average Bonchev–Trinajstić information content (AvgIpc) is 2.28. The van der Waals surface area contributed by atoms with Gasteiger partial charge in [-0.3, -0.25) is 9.78 Å². The van der Waals surface area contributed by atoms with Crippen LogP contribution in [-0.2, 0) is 9.59 Å². The number of aliphatic carboxylic acids is 2. The first kappa shape index (κ1) is 13.5. The van der Waals surface area contributed by atoms with Crippen LogP contribution in [0.3, 0.4) is 0 Å². The summed E-state index contributed by atoms with van der Waals surface area (Å²) in [6.45, 7) is 0. The predicted molar refractivity (Wildman–Crippen MR) is 54.0 cm³/mol. The minimum atomic E-state index is -1.26. The smallest absolute Gasteiger partial charge is 0.328 e. The monoisotopic (exact) mass is 223 g/mol. The van der Waals surface area contributed by atoms with Crippen molar-refractivity contribution in [2.75, 3.05) is 0 Å². The van der Waals surface area contributed by atoms with Crippen molar-refractivity contribution in [2.24, 2.45) is 0 Å². The van der Waals surface area contributed by atoms with Gasteiger partial charge >= 0.3 is 11.9 Å². The molecule has 0 bridgehead atoms. The van der Waals surface area contributed by atoms with Crippen LogP contribution in [0.25, 0.3) is 0 Å². The second-order valence-corrected chi connectivity index (χ2v) is 2.41. The molecular weight excluding hydrogens is 214 g/mol. The van der Waals surface area contributed by atoms with Crippen molar-refractivity contribution >= 4 is 18.2 Å². The van der Waals surface area contributed by atoms with Gasteiger partial charge in [0.2, 0.25) is 0 Å². The van der Waals surface area contributed by atoms with Gasteiger partial charge in [0.1, 0.15) is 6.29 Å². The van der Waals surface area contributed by atoms with Gasteiger partial charge in [-0.25, -0.2) is 9.59 Å². The summed E-state index contributed by atoms with van der Waals surface area (Å²) in [5, 5.41) is 15.6. The van der Waals surface area contributed by atoms with Gasteiger partial charge in [-0.1, -0.05) is 0 Å². The molecular formula is C10H9NO5. The van der Waals surface area contributed by atoms with Crippen LogP contribution in [-0.4, -0.2) is 33.4 Å². The molecule has 1 heterocycles. The summed E-state index contributed by atoms with van der Waals surface area (Å²) in [6.07, 6.45) is 5.08. The lowest BCUT2D eigenvalue weighted by atomic mass is 10.3. The Balaban J connectivity index is 0.000000281. The number of nitrogens with zero attached hydrogens (tertiary/aromatic N) is 1. The van der Waals surface area contributed by atoms with Gasteiger partial charge in [-0.15, -0.1) is 0 Å². The lowest BCUT2D eigenvalue weighted by Crippen LogP contribution is -1.91. The van der Waals surface area contributed by atoms with Crippen LogP contribution in [0.15, 0.2) is 36.7 Å². The number of hydrogen-bond acceptors (Lipinski definition) is 4. The minimum Gasteiger partial charge on any atom is -0.478 e. The highest BCUT2D eigenvalue weighted by Gasteiger charge is 1.88. The fourth-order valence-electron chi connectivity index (χ4n) is 0.585. The van der Waals surface area contributed by atoms with Gasteiger partial charge in [-0.05, 0) is 12.1 Å². The summed E-state index contributed by atoms with van der Waals surface area (Å²) < 4.78 is 0. The highest BCUT2D eigenvalue weighted by molar-refractivity contribution is 5.89. The van der Waals surface area contributed by atoms with Crippen LogP contribution in [0.4, 0.5) is 0 Å². The Morgan fingerprint density at radius 1 is 1.06 bits per heavy atom. The van der Waals surface area contributed by atoms with Crippen LogP contribution >= 0.6 is 0 Å². The van der Waals surface area contributed by atoms with E-state index < -0.39 is 11.9 Å². The number of carboxylic acid groups (broad SMARTS) is 2. The number of rotatable bonds is 3. The number of hydrogen-bond donors (Lipinski definition) is 2. The van der Waals surface area contributed by atoms with E-state index in [9.17, 15) is 14.4 Å². The SMILES string of the molecule is O=C(O)/C=C/C(=O)O.O=Cc1ccncc1. The van der Waals surface area contributed by atoms with Crippen LogP contribution in [0.1, 0.15) is 10.4 Å². The van der Waals surface area contributed by atoms with Crippen molar-refractivity contribution in [3.05, 3.63) is 42.2 Å². The number of carbonyl (C=O) groups excluding carboxylic acids is 1. The summed E-state index contributed by atoms with van der Waals surface area (Å²) in [6, 6.07) is 3.32. The van der Waals surface area contributed by atoms with Gasteiger partial charge in [0.25, 0.3) is 0 Å². The second-order valence-electron chi connectivity index (χ2n) is 2.41. The zero-order valence-electron chi connectivity index (χ0n) is 8.11. The summed E-state index contributed by atoms with van der Waals surface area (Å²) >= 11 is 0. The first-order valence-electron chi connectivity index (χ1n) is 4.05. The maximum Gasteiger partial charge on any atom is 0.328 e. The minimum absolute atomic E-state index is 0.558. The molecule has 0 saturated heterocycles. The molecule has 0 fully saturated rings. The zero-order chi connectivity index (χ0) is 12.4. The standard InChI is InChI=1S/C6H5NO.C4H4O4/c8-5-6-1-3-7-4-2-6;5-3(6)1-2-4(7)8/h1-5H;1-2H,(H,5,6)(H,7,8)/b;2-1+. The number of aromatic nitrogens is 1. The normalized spacial score (nSPS) is 9.00. The predicted octanol–water partition coefficient (Wildman–Crippen LogP) is 0.606. The van der Waals surface area contributed by atoms with E-state index in [-0.39, 0.29) is 0 Å². The highest BCUT2D eigenvalue weighted by atomic mass is 16.4. The molecule has 0 unspecified atom stereocenters. The molecule has 0 aliphatic carbocycles. The summed E-state index contributed by atoms with van der Waals surface area (Å²) in [4.78, 5) is 32.8. The first-order valence-corrected chi connectivity index (χ1v) is 4.05. The van der Waals surface area contributed by atoms with E-state index in [1.165, 1.54) is 0 Å². The maximum atomic E-state index is 9.98. The quantitative estimate of drug-likeness (QED) is 0.574. The van der Waals surface area contributed by atoms with Crippen molar-refractivity contribution in [1.29, 1.82) is 0 Å². The molecule has 16 heavy (non-hydrogen) atoms. The van der Waals surface area contributed by atoms with Gasteiger partial charge in [0.15, 0.2) is 0 Å². The largest absolute Gasteiger partial charge is 0.478 e. The third kappa shape index (κ3) is 8.11. The van der Waals surface area contributed by atoms with E-state index in [0.29, 0.717) is 17.7 Å². The number of aldehydes is 1. The van der Waals surface area contributed by atoms with E-state index in [0.717, 1.165) is 6.29 Å². The summed E-state index contributed by atoms with van der Waals surface area (Å²) in [5.41, 5.74) is 0.667. The maximum absolute atomic E-state index is 9.98. The summed E-state index contributed by atoms with van der Waals surface area (Å²) in [7, 11) is 0.